The molecule has 2 N–H and O–H groups in total. The minimum atomic E-state index is 0.497. The zero-order valence-corrected chi connectivity index (χ0v) is 7.16. The molecule has 0 bridgehead atoms. The van der Waals surface area contributed by atoms with E-state index in [9.17, 15) is 0 Å². The van der Waals surface area contributed by atoms with Crippen molar-refractivity contribution in [2.45, 2.75) is 37.6 Å². The highest BCUT2D eigenvalue weighted by Gasteiger charge is 2.33. The van der Waals surface area contributed by atoms with Crippen LogP contribution in [0.15, 0.2) is 0 Å². The molecular formula is C9H18N2. The van der Waals surface area contributed by atoms with Gasteiger partial charge in [-0.05, 0) is 38.8 Å². The molecule has 2 saturated heterocycles. The fourth-order valence-corrected chi connectivity index (χ4v) is 2.36. The molecule has 2 heteroatoms. The van der Waals surface area contributed by atoms with Gasteiger partial charge in [-0.2, -0.15) is 0 Å². The van der Waals surface area contributed by atoms with Crippen LogP contribution < -0.4 is 10.6 Å². The maximum Gasteiger partial charge on any atom is 0.0306 e. The van der Waals surface area contributed by atoms with Crippen molar-refractivity contribution in [2.75, 3.05) is 19.6 Å². The van der Waals surface area contributed by atoms with Gasteiger partial charge in [0.15, 0.2) is 0 Å². The van der Waals surface area contributed by atoms with Crippen molar-refractivity contribution in [1.82, 2.24) is 10.6 Å². The van der Waals surface area contributed by atoms with Crippen LogP contribution in [0.25, 0.3) is 0 Å². The third-order valence-electron chi connectivity index (χ3n) is 3.05. The third kappa shape index (κ3) is 1.57. The number of nitrogens with one attached hydrogen (secondary N) is 2. The first-order chi connectivity index (χ1) is 5.41. The lowest BCUT2D eigenvalue weighted by atomic mass is 9.92. The number of rotatable bonds is 0. The van der Waals surface area contributed by atoms with Crippen LogP contribution in [0.4, 0.5) is 0 Å². The molecule has 0 aromatic heterocycles. The van der Waals surface area contributed by atoms with E-state index in [1.807, 2.05) is 0 Å². The molecular weight excluding hydrogens is 136 g/mol. The van der Waals surface area contributed by atoms with Crippen molar-refractivity contribution >= 4 is 0 Å². The Labute approximate surface area is 68.7 Å². The maximum absolute atomic E-state index is 3.65. The van der Waals surface area contributed by atoms with E-state index in [1.54, 1.807) is 0 Å². The predicted octanol–water partition coefficient (Wildman–Crippen LogP) is 0.882. The van der Waals surface area contributed by atoms with Gasteiger partial charge < -0.3 is 10.6 Å². The number of hydrogen-bond donors (Lipinski definition) is 2. The van der Waals surface area contributed by atoms with Gasteiger partial charge >= 0.3 is 0 Å². The smallest absolute Gasteiger partial charge is 0.0306 e. The standard InChI is InChI=1S/C9H18N2/c1-2-6-10-8-9(4-1)5-3-7-11-9/h10-11H,1-8H2. The van der Waals surface area contributed by atoms with Crippen molar-refractivity contribution in [3.8, 4) is 0 Å². The summed E-state index contributed by atoms with van der Waals surface area (Å²) in [6, 6.07) is 0. The topological polar surface area (TPSA) is 24.1 Å². The summed E-state index contributed by atoms with van der Waals surface area (Å²) in [5.74, 6) is 0. The Hall–Kier alpha value is -0.0800. The van der Waals surface area contributed by atoms with Crippen LogP contribution >= 0.6 is 0 Å². The highest BCUT2D eigenvalue weighted by atomic mass is 15.1. The normalized spacial score (nSPS) is 39.3. The zero-order chi connectivity index (χ0) is 7.57. The first kappa shape index (κ1) is 7.56. The summed E-state index contributed by atoms with van der Waals surface area (Å²) in [5.41, 5.74) is 0.497. The van der Waals surface area contributed by atoms with E-state index < -0.39 is 0 Å². The molecule has 0 radical (unpaired) electrons. The van der Waals surface area contributed by atoms with Crippen LogP contribution in [-0.2, 0) is 0 Å². The molecule has 1 unspecified atom stereocenters. The highest BCUT2D eigenvalue weighted by molar-refractivity contribution is 4.95. The minimum Gasteiger partial charge on any atom is -0.315 e. The maximum atomic E-state index is 3.65. The molecule has 0 amide bonds. The Bertz CT molecular complexity index is 118. The Morgan fingerprint density at radius 1 is 0.909 bits per heavy atom. The van der Waals surface area contributed by atoms with Crippen LogP contribution in [0.1, 0.15) is 32.1 Å². The summed E-state index contributed by atoms with van der Waals surface area (Å²) in [7, 11) is 0. The summed E-state index contributed by atoms with van der Waals surface area (Å²) in [6.45, 7) is 3.66. The molecule has 2 aliphatic rings. The molecule has 11 heavy (non-hydrogen) atoms. The molecule has 2 aliphatic heterocycles. The molecule has 0 aromatic rings. The van der Waals surface area contributed by atoms with Crippen LogP contribution in [0.3, 0.4) is 0 Å². The van der Waals surface area contributed by atoms with Gasteiger partial charge in [0.25, 0.3) is 0 Å². The van der Waals surface area contributed by atoms with Crippen LogP contribution in [-0.4, -0.2) is 25.2 Å². The second kappa shape index (κ2) is 3.11. The van der Waals surface area contributed by atoms with Crippen molar-refractivity contribution < 1.29 is 0 Å². The van der Waals surface area contributed by atoms with Gasteiger partial charge in [0.1, 0.15) is 0 Å². The quantitative estimate of drug-likeness (QED) is 0.541. The molecule has 0 aromatic carbocycles. The van der Waals surface area contributed by atoms with Crippen molar-refractivity contribution in [1.29, 1.82) is 0 Å². The second-order valence-corrected chi connectivity index (χ2v) is 3.94. The van der Waals surface area contributed by atoms with Crippen LogP contribution in [0.2, 0.25) is 0 Å². The van der Waals surface area contributed by atoms with E-state index >= 15 is 0 Å². The zero-order valence-electron chi connectivity index (χ0n) is 7.16. The minimum absolute atomic E-state index is 0.497. The molecule has 0 saturated carbocycles. The molecule has 64 valence electrons. The van der Waals surface area contributed by atoms with Gasteiger partial charge in [-0.15, -0.1) is 0 Å². The summed E-state index contributed by atoms with van der Waals surface area (Å²) in [5, 5.41) is 7.17. The van der Waals surface area contributed by atoms with Gasteiger partial charge in [-0.25, -0.2) is 0 Å². The Morgan fingerprint density at radius 3 is 2.64 bits per heavy atom. The van der Waals surface area contributed by atoms with E-state index in [0.29, 0.717) is 5.54 Å². The van der Waals surface area contributed by atoms with Crippen LogP contribution in [0.5, 0.6) is 0 Å². The summed E-state index contributed by atoms with van der Waals surface area (Å²) < 4.78 is 0. The third-order valence-corrected chi connectivity index (χ3v) is 3.05. The van der Waals surface area contributed by atoms with E-state index in [2.05, 4.69) is 10.6 Å². The average molecular weight is 154 g/mol. The van der Waals surface area contributed by atoms with E-state index in [-0.39, 0.29) is 0 Å². The lowest BCUT2D eigenvalue weighted by Crippen LogP contribution is -2.47. The van der Waals surface area contributed by atoms with Gasteiger partial charge in [0, 0.05) is 12.1 Å². The lowest BCUT2D eigenvalue weighted by molar-refractivity contribution is 0.347. The molecule has 0 aliphatic carbocycles. The molecule has 2 heterocycles. The first-order valence-electron chi connectivity index (χ1n) is 4.87. The molecule has 1 atom stereocenters. The molecule has 2 rings (SSSR count). The Morgan fingerprint density at radius 2 is 1.82 bits per heavy atom. The fourth-order valence-electron chi connectivity index (χ4n) is 2.36. The van der Waals surface area contributed by atoms with Gasteiger partial charge in [0.2, 0.25) is 0 Å². The Kier molecular flexibility index (Phi) is 2.14. The Balaban J connectivity index is 1.97. The number of hydrogen-bond acceptors (Lipinski definition) is 2. The largest absolute Gasteiger partial charge is 0.315 e. The summed E-state index contributed by atoms with van der Waals surface area (Å²) in [4.78, 5) is 0. The fraction of sp³-hybridized carbons (Fsp3) is 1.00. The van der Waals surface area contributed by atoms with E-state index in [0.717, 1.165) is 0 Å². The summed E-state index contributed by atoms with van der Waals surface area (Å²) >= 11 is 0. The summed E-state index contributed by atoms with van der Waals surface area (Å²) in [6.07, 6.45) is 6.92. The van der Waals surface area contributed by atoms with Gasteiger partial charge in [-0.1, -0.05) is 6.42 Å². The molecule has 1 spiro atoms. The van der Waals surface area contributed by atoms with E-state index in [4.69, 9.17) is 0 Å². The lowest BCUT2D eigenvalue weighted by Gasteiger charge is -2.27. The van der Waals surface area contributed by atoms with Crippen LogP contribution in [0, 0.1) is 0 Å². The average Bonchev–Trinajstić information content (AvgIpc) is 2.32. The second-order valence-electron chi connectivity index (χ2n) is 3.94. The van der Waals surface area contributed by atoms with Crippen molar-refractivity contribution in [3.05, 3.63) is 0 Å². The molecule has 2 nitrogen and oxygen atoms in total. The SMILES string of the molecule is C1CCC2(CCCN2)CNC1. The van der Waals surface area contributed by atoms with E-state index in [1.165, 1.54) is 51.7 Å². The first-order valence-corrected chi connectivity index (χ1v) is 4.87. The van der Waals surface area contributed by atoms with Gasteiger partial charge in [0.05, 0.1) is 0 Å². The van der Waals surface area contributed by atoms with Crippen molar-refractivity contribution in [3.63, 3.8) is 0 Å². The monoisotopic (exact) mass is 154 g/mol. The van der Waals surface area contributed by atoms with Gasteiger partial charge in [-0.3, -0.25) is 0 Å². The highest BCUT2D eigenvalue weighted by Crippen LogP contribution is 2.25. The van der Waals surface area contributed by atoms with Crippen molar-refractivity contribution in [2.24, 2.45) is 0 Å². The molecule has 2 fully saturated rings. The predicted molar refractivity (Wildman–Crippen MR) is 46.7 cm³/mol.